The van der Waals surface area contributed by atoms with E-state index in [4.69, 9.17) is 0 Å². The van der Waals surface area contributed by atoms with Gasteiger partial charge in [-0.05, 0) is 40.2 Å². The van der Waals surface area contributed by atoms with Crippen LogP contribution in [0.15, 0.2) is 29.3 Å². The molecule has 1 aromatic carbocycles. The monoisotopic (exact) mass is 232 g/mol. The molecule has 0 atom stereocenters. The molecule has 0 amide bonds. The van der Waals surface area contributed by atoms with Crippen molar-refractivity contribution in [3.05, 3.63) is 35.4 Å². The van der Waals surface area contributed by atoms with Crippen LogP contribution in [-0.4, -0.2) is 27.2 Å². The normalized spacial score (nSPS) is 22.6. The lowest BCUT2D eigenvalue weighted by atomic mass is 9.92. The molecule has 0 unspecified atom stereocenters. The predicted octanol–water partition coefficient (Wildman–Crippen LogP) is 3.00. The van der Waals surface area contributed by atoms with E-state index in [1.54, 1.807) is 0 Å². The molecule has 0 bridgehead atoms. The molecule has 0 spiro atoms. The topological polar surface area (TPSA) is 35.8 Å². The molecule has 0 aromatic heterocycles. The average molecular weight is 232 g/mol. The molecule has 92 valence electrons. The van der Waals surface area contributed by atoms with Gasteiger partial charge in [-0.15, -0.1) is 0 Å². The summed E-state index contributed by atoms with van der Waals surface area (Å²) < 4.78 is 0. The van der Waals surface area contributed by atoms with E-state index in [0.717, 1.165) is 11.3 Å². The summed E-state index contributed by atoms with van der Waals surface area (Å²) in [6.07, 6.45) is 0. The zero-order valence-electron chi connectivity index (χ0n) is 11.2. The van der Waals surface area contributed by atoms with Crippen LogP contribution in [0.4, 0.5) is 0 Å². The Bertz CT molecular complexity index is 458. The fraction of sp³-hybridized carbons (Fsp3) is 0.500. The van der Waals surface area contributed by atoms with Crippen LogP contribution in [0.3, 0.4) is 0 Å². The van der Waals surface area contributed by atoms with Crippen molar-refractivity contribution in [3.8, 4) is 0 Å². The molecular weight excluding hydrogens is 212 g/mol. The van der Waals surface area contributed by atoms with Crippen molar-refractivity contribution < 1.29 is 5.21 Å². The highest BCUT2D eigenvalue weighted by atomic mass is 16.5. The van der Waals surface area contributed by atoms with Crippen LogP contribution in [-0.2, 0) is 0 Å². The Morgan fingerprint density at radius 3 is 2.00 bits per heavy atom. The maximum absolute atomic E-state index is 10.2. The SMILES string of the molecule is Cc1ccc(C2=NC(C)(C)N(O)C2(C)C)cc1. The summed E-state index contributed by atoms with van der Waals surface area (Å²) in [6, 6.07) is 8.26. The molecule has 1 aliphatic heterocycles. The Kier molecular flexibility index (Phi) is 2.64. The summed E-state index contributed by atoms with van der Waals surface area (Å²) in [5.41, 5.74) is 2.21. The van der Waals surface area contributed by atoms with E-state index in [1.807, 2.05) is 27.7 Å². The number of nitrogens with zero attached hydrogens (tertiary/aromatic N) is 2. The van der Waals surface area contributed by atoms with Gasteiger partial charge in [0.1, 0.15) is 5.66 Å². The van der Waals surface area contributed by atoms with Crippen LogP contribution in [0.5, 0.6) is 0 Å². The number of hydrogen-bond donors (Lipinski definition) is 1. The van der Waals surface area contributed by atoms with Crippen LogP contribution in [0.25, 0.3) is 0 Å². The van der Waals surface area contributed by atoms with E-state index in [0.29, 0.717) is 0 Å². The standard InChI is InChI=1S/C14H20N2O/c1-10-6-8-11(9-7-10)12-13(2,3)16(17)14(4,5)15-12/h6-9,17H,1-5H3. The van der Waals surface area contributed by atoms with Crippen LogP contribution in [0.2, 0.25) is 0 Å². The Morgan fingerprint density at radius 2 is 1.59 bits per heavy atom. The van der Waals surface area contributed by atoms with Crippen molar-refractivity contribution >= 4 is 5.71 Å². The minimum absolute atomic E-state index is 0.460. The van der Waals surface area contributed by atoms with Gasteiger partial charge in [-0.3, -0.25) is 4.99 Å². The summed E-state index contributed by atoms with van der Waals surface area (Å²) >= 11 is 0. The molecule has 2 rings (SSSR count). The highest BCUT2D eigenvalue weighted by molar-refractivity contribution is 6.08. The number of benzene rings is 1. The molecule has 0 radical (unpaired) electrons. The molecule has 3 nitrogen and oxygen atoms in total. The number of hydroxylamine groups is 2. The first-order valence-corrected chi connectivity index (χ1v) is 5.92. The van der Waals surface area contributed by atoms with Gasteiger partial charge in [0.05, 0.1) is 11.3 Å². The van der Waals surface area contributed by atoms with Gasteiger partial charge in [-0.2, -0.15) is 5.06 Å². The Balaban J connectivity index is 2.49. The van der Waals surface area contributed by atoms with E-state index in [9.17, 15) is 5.21 Å². The molecule has 1 aromatic rings. The molecule has 0 saturated carbocycles. The third kappa shape index (κ3) is 1.90. The van der Waals surface area contributed by atoms with Crippen molar-refractivity contribution in [1.82, 2.24) is 5.06 Å². The largest absolute Gasteiger partial charge is 0.311 e. The van der Waals surface area contributed by atoms with Gasteiger partial charge >= 0.3 is 0 Å². The quantitative estimate of drug-likeness (QED) is 0.808. The van der Waals surface area contributed by atoms with Gasteiger partial charge in [0, 0.05) is 0 Å². The zero-order valence-corrected chi connectivity index (χ0v) is 11.2. The zero-order chi connectivity index (χ0) is 12.8. The Morgan fingerprint density at radius 1 is 1.06 bits per heavy atom. The first-order chi connectivity index (χ1) is 7.75. The van der Waals surface area contributed by atoms with Gasteiger partial charge in [0.25, 0.3) is 0 Å². The van der Waals surface area contributed by atoms with Gasteiger partial charge < -0.3 is 5.21 Å². The highest BCUT2D eigenvalue weighted by Crippen LogP contribution is 2.35. The lowest BCUT2D eigenvalue weighted by molar-refractivity contribution is -0.188. The predicted molar refractivity (Wildman–Crippen MR) is 69.5 cm³/mol. The molecule has 0 saturated heterocycles. The van der Waals surface area contributed by atoms with Crippen LogP contribution in [0, 0.1) is 6.92 Å². The molecule has 1 N–H and O–H groups in total. The summed E-state index contributed by atoms with van der Waals surface area (Å²) in [6.45, 7) is 9.86. The lowest BCUT2D eigenvalue weighted by Gasteiger charge is -2.33. The maximum Gasteiger partial charge on any atom is 0.131 e. The summed E-state index contributed by atoms with van der Waals surface area (Å²) in [5, 5.41) is 11.5. The number of aryl methyl sites for hydroxylation is 1. The second-order valence-corrected chi connectivity index (χ2v) is 5.69. The third-order valence-electron chi connectivity index (χ3n) is 3.34. The second-order valence-electron chi connectivity index (χ2n) is 5.69. The summed E-state index contributed by atoms with van der Waals surface area (Å²) in [5.74, 6) is 0. The fourth-order valence-electron chi connectivity index (χ4n) is 2.37. The molecule has 1 aliphatic rings. The molecule has 3 heteroatoms. The smallest absolute Gasteiger partial charge is 0.131 e. The van der Waals surface area contributed by atoms with Crippen molar-refractivity contribution in [3.63, 3.8) is 0 Å². The number of aliphatic imine (C=N–C) groups is 1. The lowest BCUT2D eigenvalue weighted by Crippen LogP contribution is -2.50. The van der Waals surface area contributed by atoms with E-state index < -0.39 is 11.2 Å². The van der Waals surface area contributed by atoms with Crippen molar-refractivity contribution in [1.29, 1.82) is 0 Å². The first-order valence-electron chi connectivity index (χ1n) is 5.92. The minimum Gasteiger partial charge on any atom is -0.311 e. The van der Waals surface area contributed by atoms with E-state index >= 15 is 0 Å². The molecule has 0 aliphatic carbocycles. The van der Waals surface area contributed by atoms with Gasteiger partial charge in [-0.25, -0.2) is 0 Å². The van der Waals surface area contributed by atoms with Crippen LogP contribution >= 0.6 is 0 Å². The minimum atomic E-state index is -0.566. The maximum atomic E-state index is 10.2. The van der Waals surface area contributed by atoms with E-state index in [2.05, 4.69) is 36.2 Å². The third-order valence-corrected chi connectivity index (χ3v) is 3.34. The van der Waals surface area contributed by atoms with Crippen LogP contribution < -0.4 is 0 Å². The molecule has 0 fully saturated rings. The summed E-state index contributed by atoms with van der Waals surface area (Å²) in [4.78, 5) is 4.65. The molecular formula is C14H20N2O. The highest BCUT2D eigenvalue weighted by Gasteiger charge is 2.47. The molecule has 1 heterocycles. The van der Waals surface area contributed by atoms with E-state index in [1.165, 1.54) is 10.6 Å². The Hall–Kier alpha value is -1.19. The Labute approximate surface area is 103 Å². The number of hydrogen-bond acceptors (Lipinski definition) is 3. The van der Waals surface area contributed by atoms with Crippen molar-refractivity contribution in [2.45, 2.75) is 45.8 Å². The van der Waals surface area contributed by atoms with Gasteiger partial charge in [0.15, 0.2) is 0 Å². The van der Waals surface area contributed by atoms with Crippen molar-refractivity contribution in [2.75, 3.05) is 0 Å². The van der Waals surface area contributed by atoms with E-state index in [-0.39, 0.29) is 0 Å². The second kappa shape index (κ2) is 3.65. The average Bonchev–Trinajstić information content (AvgIpc) is 2.40. The first kappa shape index (κ1) is 12.3. The summed E-state index contributed by atoms with van der Waals surface area (Å²) in [7, 11) is 0. The van der Waals surface area contributed by atoms with Gasteiger partial charge in [-0.1, -0.05) is 29.8 Å². The number of rotatable bonds is 1. The molecule has 17 heavy (non-hydrogen) atoms. The van der Waals surface area contributed by atoms with Crippen LogP contribution in [0.1, 0.15) is 38.8 Å². The fourth-order valence-corrected chi connectivity index (χ4v) is 2.37. The van der Waals surface area contributed by atoms with Gasteiger partial charge in [0.2, 0.25) is 0 Å². The van der Waals surface area contributed by atoms with Crippen molar-refractivity contribution in [2.24, 2.45) is 4.99 Å².